The summed E-state index contributed by atoms with van der Waals surface area (Å²) in [7, 11) is 0. The number of benzene rings is 1. The van der Waals surface area contributed by atoms with Gasteiger partial charge in [-0.1, -0.05) is 13.0 Å². The van der Waals surface area contributed by atoms with Crippen LogP contribution >= 0.6 is 0 Å². The number of amides is 3. The molecular formula is C25H39N3O7. The molecule has 0 bridgehead atoms. The predicted molar refractivity (Wildman–Crippen MR) is 131 cm³/mol. The van der Waals surface area contributed by atoms with Crippen LogP contribution in [0.3, 0.4) is 0 Å². The van der Waals surface area contributed by atoms with Crippen LogP contribution in [0.2, 0.25) is 0 Å². The highest BCUT2D eigenvalue weighted by atomic mass is 16.6. The van der Waals surface area contributed by atoms with E-state index in [1.807, 2.05) is 6.92 Å². The number of nitrogens with one attached hydrogen (secondary N) is 2. The molecule has 1 aromatic rings. The van der Waals surface area contributed by atoms with Gasteiger partial charge in [0.05, 0.1) is 13.0 Å². The summed E-state index contributed by atoms with van der Waals surface area (Å²) >= 11 is 0. The molecule has 0 radical (unpaired) electrons. The third kappa shape index (κ3) is 9.84. The Balaban J connectivity index is 3.22. The number of hydrogen-bond donors (Lipinski definition) is 3. The first-order valence-electron chi connectivity index (χ1n) is 11.8. The van der Waals surface area contributed by atoms with Crippen molar-refractivity contribution in [3.05, 3.63) is 29.3 Å². The largest absolute Gasteiger partial charge is 0.508 e. The topological polar surface area (TPSA) is 134 Å². The van der Waals surface area contributed by atoms with E-state index in [9.17, 15) is 24.3 Å². The number of aromatic hydroxyl groups is 1. The Kier molecular flexibility index (Phi) is 11.5. The fourth-order valence-corrected chi connectivity index (χ4v) is 3.34. The van der Waals surface area contributed by atoms with Gasteiger partial charge in [0.1, 0.15) is 23.4 Å². The highest BCUT2D eigenvalue weighted by Crippen LogP contribution is 2.27. The van der Waals surface area contributed by atoms with Crippen LogP contribution in [0.15, 0.2) is 18.2 Å². The van der Waals surface area contributed by atoms with E-state index in [2.05, 4.69) is 10.6 Å². The molecule has 0 aliphatic heterocycles. The van der Waals surface area contributed by atoms with Crippen molar-refractivity contribution in [1.29, 1.82) is 0 Å². The van der Waals surface area contributed by atoms with Crippen molar-refractivity contribution in [3.8, 4) is 5.75 Å². The van der Waals surface area contributed by atoms with Crippen molar-refractivity contribution < 1.29 is 33.8 Å². The Bertz CT molecular complexity index is 896. The summed E-state index contributed by atoms with van der Waals surface area (Å²) in [6.07, 6.45) is -0.209. The molecule has 0 aliphatic carbocycles. The summed E-state index contributed by atoms with van der Waals surface area (Å²) in [6, 6.07) is 2.64. The van der Waals surface area contributed by atoms with Crippen molar-refractivity contribution >= 4 is 23.9 Å². The molecule has 35 heavy (non-hydrogen) atoms. The summed E-state index contributed by atoms with van der Waals surface area (Å²) in [5.74, 6) is -1.36. The Morgan fingerprint density at radius 2 is 1.80 bits per heavy atom. The van der Waals surface area contributed by atoms with Crippen LogP contribution < -0.4 is 10.6 Å². The van der Waals surface area contributed by atoms with Crippen molar-refractivity contribution in [1.82, 2.24) is 15.5 Å². The van der Waals surface area contributed by atoms with E-state index in [0.717, 1.165) is 0 Å². The lowest BCUT2D eigenvalue weighted by molar-refractivity contribution is -0.144. The number of esters is 1. The number of aryl methyl sites for hydroxylation is 1. The van der Waals surface area contributed by atoms with Crippen molar-refractivity contribution in [3.63, 3.8) is 0 Å². The highest BCUT2D eigenvalue weighted by molar-refractivity contribution is 5.92. The SMILES string of the molecule is CCCN(C(=O)C(C)NC(=O)OC(C)(C)C)C(C(=O)NCCC(=O)OCC)c1ccc(O)c(C)c1. The molecule has 1 aromatic carbocycles. The third-order valence-corrected chi connectivity index (χ3v) is 4.88. The molecule has 0 fully saturated rings. The molecule has 10 nitrogen and oxygen atoms in total. The molecule has 0 saturated carbocycles. The number of rotatable bonds is 11. The lowest BCUT2D eigenvalue weighted by Crippen LogP contribution is -2.52. The second kappa shape index (κ2) is 13.6. The number of phenols is 1. The Morgan fingerprint density at radius 3 is 2.34 bits per heavy atom. The van der Waals surface area contributed by atoms with Gasteiger partial charge in [0, 0.05) is 13.1 Å². The quantitative estimate of drug-likeness (QED) is 0.404. The van der Waals surface area contributed by atoms with Crippen LogP contribution in [0.25, 0.3) is 0 Å². The maximum atomic E-state index is 13.4. The first-order valence-corrected chi connectivity index (χ1v) is 11.8. The van der Waals surface area contributed by atoms with Crippen LogP contribution in [0, 0.1) is 6.92 Å². The summed E-state index contributed by atoms with van der Waals surface area (Å²) < 4.78 is 10.1. The van der Waals surface area contributed by atoms with Gasteiger partial charge in [-0.2, -0.15) is 0 Å². The molecule has 0 saturated heterocycles. The maximum Gasteiger partial charge on any atom is 0.408 e. The van der Waals surface area contributed by atoms with E-state index >= 15 is 0 Å². The lowest BCUT2D eigenvalue weighted by atomic mass is 10.00. The van der Waals surface area contributed by atoms with Gasteiger partial charge in [-0.25, -0.2) is 4.79 Å². The summed E-state index contributed by atoms with van der Waals surface area (Å²) in [5, 5.41) is 15.2. The second-order valence-electron chi connectivity index (χ2n) is 9.19. The number of nitrogens with zero attached hydrogens (tertiary/aromatic N) is 1. The minimum absolute atomic E-state index is 0.0147. The molecule has 10 heteroatoms. The standard InChI is InChI=1S/C25H39N3O7/c1-8-14-28(23(32)17(4)27-24(33)35-25(5,6)7)21(18-10-11-19(29)16(3)15-18)22(31)26-13-12-20(30)34-9-2/h10-11,15,17,21,29H,8-9,12-14H2,1-7H3,(H,26,31)(H,27,33). The molecule has 2 atom stereocenters. The number of carbonyl (C=O) groups is 4. The third-order valence-electron chi connectivity index (χ3n) is 4.88. The van der Waals surface area contributed by atoms with Crippen molar-refractivity contribution in [2.45, 2.75) is 79.0 Å². The highest BCUT2D eigenvalue weighted by Gasteiger charge is 2.34. The number of phenolic OH excluding ortho intramolecular Hbond substituents is 1. The van der Waals surface area contributed by atoms with E-state index in [0.29, 0.717) is 17.5 Å². The average Bonchev–Trinajstić information content (AvgIpc) is 2.74. The van der Waals surface area contributed by atoms with Crippen molar-refractivity contribution in [2.24, 2.45) is 0 Å². The summed E-state index contributed by atoms with van der Waals surface area (Å²) in [4.78, 5) is 52.0. The fourth-order valence-electron chi connectivity index (χ4n) is 3.34. The first-order chi connectivity index (χ1) is 16.3. The van der Waals surface area contributed by atoms with E-state index in [-0.39, 0.29) is 31.9 Å². The molecule has 0 spiro atoms. The van der Waals surface area contributed by atoms with Gasteiger partial charge >= 0.3 is 12.1 Å². The zero-order valence-corrected chi connectivity index (χ0v) is 21.8. The molecule has 3 amide bonds. The zero-order chi connectivity index (χ0) is 26.8. The molecule has 0 aromatic heterocycles. The number of hydrogen-bond acceptors (Lipinski definition) is 7. The zero-order valence-electron chi connectivity index (χ0n) is 21.8. The average molecular weight is 494 g/mol. The first kappa shape index (κ1) is 29.7. The van der Waals surface area contributed by atoms with Crippen LogP contribution in [0.5, 0.6) is 5.75 Å². The molecule has 0 aliphatic rings. The van der Waals surface area contributed by atoms with Gasteiger partial charge in [-0.15, -0.1) is 0 Å². The second-order valence-corrected chi connectivity index (χ2v) is 9.19. The van der Waals surface area contributed by atoms with Crippen LogP contribution in [-0.2, 0) is 23.9 Å². The predicted octanol–water partition coefficient (Wildman–Crippen LogP) is 2.96. The fraction of sp³-hybridized carbons (Fsp3) is 0.600. The Labute approximate surface area is 207 Å². The molecular weight excluding hydrogens is 454 g/mol. The molecule has 1 rings (SSSR count). The minimum Gasteiger partial charge on any atom is -0.508 e. The lowest BCUT2D eigenvalue weighted by Gasteiger charge is -2.33. The van der Waals surface area contributed by atoms with E-state index in [4.69, 9.17) is 9.47 Å². The molecule has 3 N–H and O–H groups in total. The van der Waals surface area contributed by atoms with Crippen molar-refractivity contribution in [2.75, 3.05) is 19.7 Å². The van der Waals surface area contributed by atoms with Gasteiger partial charge in [0.2, 0.25) is 11.8 Å². The van der Waals surface area contributed by atoms with Gasteiger partial charge < -0.3 is 30.1 Å². The van der Waals surface area contributed by atoms with Crippen LogP contribution in [0.1, 0.15) is 71.6 Å². The summed E-state index contributed by atoms with van der Waals surface area (Å²) in [5.41, 5.74) is 0.289. The number of ether oxygens (including phenoxy) is 2. The summed E-state index contributed by atoms with van der Waals surface area (Å²) in [6.45, 7) is 12.4. The number of alkyl carbamates (subject to hydrolysis) is 1. The Morgan fingerprint density at radius 1 is 1.14 bits per heavy atom. The van der Waals surface area contributed by atoms with E-state index in [1.165, 1.54) is 17.9 Å². The van der Waals surface area contributed by atoms with Crippen LogP contribution in [-0.4, -0.2) is 65.2 Å². The Hall–Kier alpha value is -3.30. The van der Waals surface area contributed by atoms with Crippen LogP contribution in [0.4, 0.5) is 4.79 Å². The van der Waals surface area contributed by atoms with Gasteiger partial charge in [0.25, 0.3) is 0 Å². The van der Waals surface area contributed by atoms with Gasteiger partial charge in [-0.3, -0.25) is 14.4 Å². The monoisotopic (exact) mass is 493 g/mol. The van der Waals surface area contributed by atoms with E-state index < -0.39 is 41.6 Å². The normalized spacial score (nSPS) is 12.8. The van der Waals surface area contributed by atoms with Gasteiger partial charge in [-0.05, 0) is 71.2 Å². The van der Waals surface area contributed by atoms with E-state index in [1.54, 1.807) is 46.8 Å². The molecule has 196 valence electrons. The molecule has 2 unspecified atom stereocenters. The maximum absolute atomic E-state index is 13.4. The minimum atomic E-state index is -1.05. The number of carbonyl (C=O) groups excluding carboxylic acids is 4. The smallest absolute Gasteiger partial charge is 0.408 e. The molecule has 0 heterocycles. The van der Waals surface area contributed by atoms with Gasteiger partial charge in [0.15, 0.2) is 0 Å².